The van der Waals surface area contributed by atoms with Gasteiger partial charge in [0.15, 0.2) is 10.8 Å². The minimum absolute atomic E-state index is 0.0245. The first kappa shape index (κ1) is 16.3. The van der Waals surface area contributed by atoms with Crippen molar-refractivity contribution in [1.29, 1.82) is 0 Å². The van der Waals surface area contributed by atoms with Crippen LogP contribution in [0, 0.1) is 6.92 Å². The number of alkyl halides is 3. The number of fused-ring (bicyclic) bond motifs is 1. The fraction of sp³-hybridized carbons (Fsp3) is 0.438. The molecular weight excluding hydrogens is 351 g/mol. The molecule has 0 spiro atoms. The molecule has 1 atom stereocenters. The topological polar surface area (TPSA) is 46.3 Å². The van der Waals surface area contributed by atoms with Gasteiger partial charge in [0, 0.05) is 36.3 Å². The Balaban J connectivity index is 1.66. The molecule has 1 saturated heterocycles. The Morgan fingerprint density at radius 2 is 2.08 bits per heavy atom. The molecule has 1 unspecified atom stereocenters. The van der Waals surface area contributed by atoms with Crippen LogP contribution in [0.5, 0.6) is 0 Å². The van der Waals surface area contributed by atoms with Crippen LogP contribution in [0.25, 0.3) is 5.65 Å². The van der Waals surface area contributed by atoms with E-state index in [0.717, 1.165) is 41.7 Å². The third-order valence-electron chi connectivity index (χ3n) is 4.42. The average molecular weight is 367 g/mol. The van der Waals surface area contributed by atoms with Gasteiger partial charge in [-0.1, -0.05) is 0 Å². The summed E-state index contributed by atoms with van der Waals surface area (Å²) in [4.78, 5) is 7.74. The molecule has 4 rings (SSSR count). The van der Waals surface area contributed by atoms with Gasteiger partial charge in [0.25, 0.3) is 0 Å². The quantitative estimate of drug-likeness (QED) is 0.689. The standard InChI is InChI=1S/C16H16F3N5S/c1-10-7-20-15(25-10)23-6-2-3-11(8-23)14-22-21-13-5-4-12(9-24(13)14)16(17,18)19/h4-5,7,9,11H,2-3,6,8H2,1H3. The van der Waals surface area contributed by atoms with Gasteiger partial charge >= 0.3 is 6.18 Å². The normalized spacial score (nSPS) is 18.9. The Morgan fingerprint density at radius 3 is 2.80 bits per heavy atom. The number of thiazole rings is 1. The maximum absolute atomic E-state index is 13.0. The highest BCUT2D eigenvalue weighted by Crippen LogP contribution is 2.33. The Labute approximate surface area is 146 Å². The van der Waals surface area contributed by atoms with Crippen molar-refractivity contribution in [3.05, 3.63) is 40.8 Å². The Bertz CT molecular complexity index is 901. The molecule has 0 saturated carbocycles. The second-order valence-corrected chi connectivity index (χ2v) is 7.45. The lowest BCUT2D eigenvalue weighted by atomic mass is 9.97. The predicted molar refractivity (Wildman–Crippen MR) is 89.0 cm³/mol. The number of aryl methyl sites for hydroxylation is 1. The molecule has 132 valence electrons. The van der Waals surface area contributed by atoms with Gasteiger partial charge in [0.1, 0.15) is 5.82 Å². The van der Waals surface area contributed by atoms with Crippen molar-refractivity contribution >= 4 is 22.1 Å². The van der Waals surface area contributed by atoms with Gasteiger partial charge in [-0.2, -0.15) is 13.2 Å². The van der Waals surface area contributed by atoms with Gasteiger partial charge < -0.3 is 4.90 Å². The number of nitrogens with zero attached hydrogens (tertiary/aromatic N) is 5. The van der Waals surface area contributed by atoms with Crippen molar-refractivity contribution in [2.75, 3.05) is 18.0 Å². The first-order chi connectivity index (χ1) is 11.9. The molecule has 25 heavy (non-hydrogen) atoms. The zero-order valence-electron chi connectivity index (χ0n) is 13.5. The third kappa shape index (κ3) is 3.08. The fourth-order valence-corrected chi connectivity index (χ4v) is 4.00. The molecule has 0 bridgehead atoms. The number of hydrogen-bond acceptors (Lipinski definition) is 5. The lowest BCUT2D eigenvalue weighted by Crippen LogP contribution is -2.35. The maximum atomic E-state index is 13.0. The number of rotatable bonds is 2. The molecule has 3 aromatic rings. The first-order valence-corrected chi connectivity index (χ1v) is 8.83. The molecule has 0 amide bonds. The summed E-state index contributed by atoms with van der Waals surface area (Å²) >= 11 is 1.63. The van der Waals surface area contributed by atoms with E-state index in [-0.39, 0.29) is 5.92 Å². The molecule has 1 aliphatic heterocycles. The van der Waals surface area contributed by atoms with Crippen molar-refractivity contribution in [2.45, 2.75) is 31.9 Å². The lowest BCUT2D eigenvalue weighted by molar-refractivity contribution is -0.137. The molecule has 3 aromatic heterocycles. The summed E-state index contributed by atoms with van der Waals surface area (Å²) in [6.45, 7) is 3.59. The number of aromatic nitrogens is 4. The summed E-state index contributed by atoms with van der Waals surface area (Å²) in [5.74, 6) is 0.607. The van der Waals surface area contributed by atoms with Crippen LogP contribution in [-0.4, -0.2) is 32.7 Å². The van der Waals surface area contributed by atoms with E-state index in [4.69, 9.17) is 0 Å². The van der Waals surface area contributed by atoms with Crippen LogP contribution in [0.2, 0.25) is 0 Å². The highest BCUT2D eigenvalue weighted by molar-refractivity contribution is 7.15. The molecule has 1 aliphatic rings. The van der Waals surface area contributed by atoms with Gasteiger partial charge in [-0.05, 0) is 31.9 Å². The van der Waals surface area contributed by atoms with E-state index in [1.165, 1.54) is 10.5 Å². The van der Waals surface area contributed by atoms with E-state index in [1.807, 2.05) is 13.1 Å². The van der Waals surface area contributed by atoms with Crippen LogP contribution in [0.1, 0.15) is 35.0 Å². The number of piperidine rings is 1. The molecule has 0 aliphatic carbocycles. The zero-order valence-corrected chi connectivity index (χ0v) is 14.3. The minimum atomic E-state index is -4.38. The molecule has 1 fully saturated rings. The van der Waals surface area contributed by atoms with Gasteiger partial charge in [-0.3, -0.25) is 4.40 Å². The van der Waals surface area contributed by atoms with Gasteiger partial charge in [-0.25, -0.2) is 4.98 Å². The zero-order chi connectivity index (χ0) is 17.6. The highest BCUT2D eigenvalue weighted by Gasteiger charge is 2.32. The van der Waals surface area contributed by atoms with Crippen molar-refractivity contribution in [3.8, 4) is 0 Å². The largest absolute Gasteiger partial charge is 0.417 e. The van der Waals surface area contributed by atoms with E-state index in [1.54, 1.807) is 11.3 Å². The van der Waals surface area contributed by atoms with Crippen LogP contribution < -0.4 is 4.90 Å². The van der Waals surface area contributed by atoms with Crippen molar-refractivity contribution < 1.29 is 13.2 Å². The molecule has 5 nitrogen and oxygen atoms in total. The van der Waals surface area contributed by atoms with Crippen LogP contribution >= 0.6 is 11.3 Å². The second kappa shape index (κ2) is 5.98. The van der Waals surface area contributed by atoms with E-state index in [9.17, 15) is 13.2 Å². The van der Waals surface area contributed by atoms with Gasteiger partial charge in [0.05, 0.1) is 5.56 Å². The minimum Gasteiger partial charge on any atom is -0.347 e. The Morgan fingerprint density at radius 1 is 1.24 bits per heavy atom. The van der Waals surface area contributed by atoms with Gasteiger partial charge in [0.2, 0.25) is 0 Å². The summed E-state index contributed by atoms with van der Waals surface area (Å²) in [5, 5.41) is 9.16. The van der Waals surface area contributed by atoms with E-state index < -0.39 is 11.7 Å². The molecular formula is C16H16F3N5S. The third-order valence-corrected chi connectivity index (χ3v) is 5.40. The van der Waals surface area contributed by atoms with Crippen LogP contribution in [0.3, 0.4) is 0 Å². The SMILES string of the molecule is Cc1cnc(N2CCCC(c3nnc4ccc(C(F)(F)F)cn34)C2)s1. The van der Waals surface area contributed by atoms with E-state index >= 15 is 0 Å². The fourth-order valence-electron chi connectivity index (χ4n) is 3.21. The van der Waals surface area contributed by atoms with Gasteiger partial charge in [-0.15, -0.1) is 21.5 Å². The van der Waals surface area contributed by atoms with Crippen molar-refractivity contribution in [2.24, 2.45) is 0 Å². The van der Waals surface area contributed by atoms with Crippen LogP contribution in [0.15, 0.2) is 24.5 Å². The Hall–Kier alpha value is -2.16. The number of hydrogen-bond donors (Lipinski definition) is 0. The van der Waals surface area contributed by atoms with E-state index in [2.05, 4.69) is 20.1 Å². The number of anilines is 1. The molecule has 0 radical (unpaired) electrons. The highest BCUT2D eigenvalue weighted by atomic mass is 32.1. The van der Waals surface area contributed by atoms with E-state index in [0.29, 0.717) is 18.0 Å². The van der Waals surface area contributed by atoms with Crippen molar-refractivity contribution in [1.82, 2.24) is 19.6 Å². The average Bonchev–Trinajstić information content (AvgIpc) is 3.20. The first-order valence-electron chi connectivity index (χ1n) is 8.01. The summed E-state index contributed by atoms with van der Waals surface area (Å²) in [6.07, 6.45) is 0.366. The predicted octanol–water partition coefficient (Wildman–Crippen LogP) is 3.90. The molecule has 4 heterocycles. The molecule has 0 aromatic carbocycles. The van der Waals surface area contributed by atoms with Crippen LogP contribution in [0.4, 0.5) is 18.3 Å². The Kier molecular flexibility index (Phi) is 3.90. The monoisotopic (exact) mass is 367 g/mol. The summed E-state index contributed by atoms with van der Waals surface area (Å²) in [6, 6.07) is 2.41. The molecule has 9 heteroatoms. The summed E-state index contributed by atoms with van der Waals surface area (Å²) < 4.78 is 40.5. The van der Waals surface area contributed by atoms with Crippen molar-refractivity contribution in [3.63, 3.8) is 0 Å². The number of halogens is 3. The number of pyridine rings is 1. The maximum Gasteiger partial charge on any atom is 0.417 e. The molecule has 0 N–H and O–H groups in total. The van der Waals surface area contributed by atoms with Crippen LogP contribution in [-0.2, 0) is 6.18 Å². The lowest BCUT2D eigenvalue weighted by Gasteiger charge is -2.31. The second-order valence-electron chi connectivity index (χ2n) is 6.24. The summed E-state index contributed by atoms with van der Waals surface area (Å²) in [5.41, 5.74) is -0.255. The summed E-state index contributed by atoms with van der Waals surface area (Å²) in [7, 11) is 0. The smallest absolute Gasteiger partial charge is 0.347 e.